The van der Waals surface area contributed by atoms with E-state index in [0.29, 0.717) is 13.1 Å². The van der Waals surface area contributed by atoms with Gasteiger partial charge in [0.1, 0.15) is 18.5 Å². The monoisotopic (exact) mass is 395 g/mol. The Kier molecular flexibility index (Phi) is 6.02. The number of aromatic nitrogens is 3. The third-order valence-electron chi connectivity index (χ3n) is 4.50. The van der Waals surface area contributed by atoms with Gasteiger partial charge in [-0.25, -0.2) is 9.37 Å². The average molecular weight is 396 g/mol. The van der Waals surface area contributed by atoms with Crippen molar-refractivity contribution in [2.45, 2.75) is 31.5 Å². The van der Waals surface area contributed by atoms with Gasteiger partial charge in [-0.2, -0.15) is 5.10 Å². The van der Waals surface area contributed by atoms with Crippen LogP contribution in [0.3, 0.4) is 0 Å². The predicted octanol–water partition coefficient (Wildman–Crippen LogP) is 0.756. The molecule has 3 N–H and O–H groups in total. The molecule has 0 unspecified atom stereocenters. The van der Waals surface area contributed by atoms with Crippen molar-refractivity contribution in [3.63, 3.8) is 0 Å². The van der Waals surface area contributed by atoms with Crippen LogP contribution in [0.1, 0.15) is 23.2 Å². The molecule has 1 aliphatic carbocycles. The van der Waals surface area contributed by atoms with Crippen LogP contribution < -0.4 is 10.6 Å². The minimum atomic E-state index is -0.879. The van der Waals surface area contributed by atoms with Crippen molar-refractivity contribution in [1.29, 1.82) is 0 Å². The van der Waals surface area contributed by atoms with Crippen molar-refractivity contribution < 1.29 is 19.1 Å². The van der Waals surface area contributed by atoms with Crippen LogP contribution in [0, 0.1) is 11.7 Å². The summed E-state index contributed by atoms with van der Waals surface area (Å²) in [5, 5.41) is 19.7. The zero-order chi connectivity index (χ0) is 19.4. The fraction of sp³-hybridized carbons (Fsp3) is 0.412. The number of halogens is 2. The minimum absolute atomic E-state index is 0.160. The van der Waals surface area contributed by atoms with Gasteiger partial charge in [0.15, 0.2) is 0 Å². The van der Waals surface area contributed by atoms with E-state index in [1.165, 1.54) is 18.5 Å². The fourth-order valence-corrected chi connectivity index (χ4v) is 3.25. The first-order valence-electron chi connectivity index (χ1n) is 8.48. The van der Waals surface area contributed by atoms with Crippen LogP contribution in [0.25, 0.3) is 0 Å². The number of benzene rings is 1. The number of nitrogens with one attached hydrogen (secondary N) is 2. The topological polar surface area (TPSA) is 109 Å². The van der Waals surface area contributed by atoms with Gasteiger partial charge in [0.05, 0.1) is 24.3 Å². The molecule has 144 valence electrons. The maximum absolute atomic E-state index is 13.8. The lowest BCUT2D eigenvalue weighted by Gasteiger charge is -2.16. The van der Waals surface area contributed by atoms with Crippen LogP contribution in [0.2, 0.25) is 5.02 Å². The Bertz CT molecular complexity index is 817. The van der Waals surface area contributed by atoms with E-state index < -0.39 is 29.8 Å². The quantitative estimate of drug-likeness (QED) is 0.669. The first-order valence-corrected chi connectivity index (χ1v) is 8.86. The molecule has 1 heterocycles. The van der Waals surface area contributed by atoms with Crippen LogP contribution in [-0.2, 0) is 11.3 Å². The maximum Gasteiger partial charge on any atom is 0.254 e. The molecule has 0 bridgehead atoms. The van der Waals surface area contributed by atoms with E-state index in [4.69, 9.17) is 11.6 Å². The third-order valence-corrected chi connectivity index (χ3v) is 4.73. The molecule has 2 aromatic rings. The highest BCUT2D eigenvalue weighted by molar-refractivity contribution is 6.30. The van der Waals surface area contributed by atoms with Crippen LogP contribution >= 0.6 is 11.6 Å². The molecule has 1 fully saturated rings. The minimum Gasteiger partial charge on any atom is -0.391 e. The molecule has 27 heavy (non-hydrogen) atoms. The zero-order valence-electron chi connectivity index (χ0n) is 14.3. The highest BCUT2D eigenvalue weighted by Gasteiger charge is 2.37. The summed E-state index contributed by atoms with van der Waals surface area (Å²) in [4.78, 5) is 28.3. The Balaban J connectivity index is 1.51. The SMILES string of the molecule is O=C(N[C@H]1C[C@H](C(=O)NCCn2cncn2)C[C@@H]1O)c1ccc(Cl)cc1F. The second-order valence-electron chi connectivity index (χ2n) is 6.39. The van der Waals surface area contributed by atoms with Crippen molar-refractivity contribution in [2.75, 3.05) is 6.54 Å². The van der Waals surface area contributed by atoms with Crippen molar-refractivity contribution in [3.05, 3.63) is 47.3 Å². The van der Waals surface area contributed by atoms with Gasteiger partial charge in [0, 0.05) is 17.5 Å². The van der Waals surface area contributed by atoms with Gasteiger partial charge in [0.2, 0.25) is 5.91 Å². The second-order valence-corrected chi connectivity index (χ2v) is 6.83. The first kappa shape index (κ1) is 19.2. The molecule has 3 rings (SSSR count). The van der Waals surface area contributed by atoms with Gasteiger partial charge < -0.3 is 15.7 Å². The molecule has 1 aliphatic rings. The smallest absolute Gasteiger partial charge is 0.254 e. The zero-order valence-corrected chi connectivity index (χ0v) is 15.1. The van der Waals surface area contributed by atoms with Crippen molar-refractivity contribution in [1.82, 2.24) is 25.4 Å². The summed E-state index contributed by atoms with van der Waals surface area (Å²) in [5.74, 6) is -2.03. The number of carbonyl (C=O) groups excluding carboxylic acids is 2. The molecule has 1 aromatic carbocycles. The molecule has 0 aliphatic heterocycles. The van der Waals surface area contributed by atoms with Gasteiger partial charge in [-0.3, -0.25) is 14.3 Å². The lowest BCUT2D eigenvalue weighted by molar-refractivity contribution is -0.125. The average Bonchev–Trinajstić information content (AvgIpc) is 3.25. The normalized spacial score (nSPS) is 21.8. The predicted molar refractivity (Wildman–Crippen MR) is 94.4 cm³/mol. The van der Waals surface area contributed by atoms with E-state index >= 15 is 0 Å². The van der Waals surface area contributed by atoms with Crippen LogP contribution in [0.5, 0.6) is 0 Å². The van der Waals surface area contributed by atoms with Gasteiger partial charge in [-0.15, -0.1) is 0 Å². The van der Waals surface area contributed by atoms with E-state index in [1.54, 1.807) is 11.0 Å². The molecule has 8 nitrogen and oxygen atoms in total. The number of carbonyl (C=O) groups is 2. The number of aliphatic hydroxyl groups excluding tert-OH is 1. The Morgan fingerprint density at radius 1 is 1.37 bits per heavy atom. The molecule has 0 spiro atoms. The molecule has 0 radical (unpaired) electrons. The van der Waals surface area contributed by atoms with Crippen LogP contribution in [0.4, 0.5) is 4.39 Å². The first-order chi connectivity index (χ1) is 12.9. The Hall–Kier alpha value is -2.52. The van der Waals surface area contributed by atoms with E-state index in [9.17, 15) is 19.1 Å². The van der Waals surface area contributed by atoms with Crippen molar-refractivity contribution in [2.24, 2.45) is 5.92 Å². The van der Waals surface area contributed by atoms with Gasteiger partial charge in [0.25, 0.3) is 5.91 Å². The lowest BCUT2D eigenvalue weighted by atomic mass is 10.1. The number of amides is 2. The molecular weight excluding hydrogens is 377 g/mol. The van der Waals surface area contributed by atoms with Crippen LogP contribution in [0.15, 0.2) is 30.9 Å². The van der Waals surface area contributed by atoms with E-state index in [0.717, 1.165) is 6.07 Å². The lowest BCUT2D eigenvalue weighted by Crippen LogP contribution is -2.40. The Morgan fingerprint density at radius 2 is 2.19 bits per heavy atom. The van der Waals surface area contributed by atoms with Crippen molar-refractivity contribution >= 4 is 23.4 Å². The van der Waals surface area contributed by atoms with E-state index in [-0.39, 0.29) is 29.3 Å². The Labute approximate surface area is 159 Å². The summed E-state index contributed by atoms with van der Waals surface area (Å²) in [7, 11) is 0. The molecular formula is C17H19ClFN5O3. The van der Waals surface area contributed by atoms with Crippen LogP contribution in [-0.4, -0.2) is 50.4 Å². The Morgan fingerprint density at radius 3 is 2.89 bits per heavy atom. The molecule has 10 heteroatoms. The molecule has 1 saturated carbocycles. The third kappa shape index (κ3) is 4.81. The highest BCUT2D eigenvalue weighted by atomic mass is 35.5. The fourth-order valence-electron chi connectivity index (χ4n) is 3.09. The summed E-state index contributed by atoms with van der Waals surface area (Å²) in [6, 6.07) is 3.12. The number of hydrogen-bond acceptors (Lipinski definition) is 5. The summed E-state index contributed by atoms with van der Waals surface area (Å²) < 4.78 is 15.4. The maximum atomic E-state index is 13.8. The number of nitrogens with zero attached hydrogens (tertiary/aromatic N) is 3. The van der Waals surface area contributed by atoms with E-state index in [2.05, 4.69) is 20.7 Å². The molecule has 0 saturated heterocycles. The highest BCUT2D eigenvalue weighted by Crippen LogP contribution is 2.27. The van der Waals surface area contributed by atoms with E-state index in [1.807, 2.05) is 0 Å². The molecule has 2 amide bonds. The van der Waals surface area contributed by atoms with Gasteiger partial charge in [-0.1, -0.05) is 11.6 Å². The molecule has 3 atom stereocenters. The number of hydrogen-bond donors (Lipinski definition) is 3. The number of rotatable bonds is 6. The summed E-state index contributed by atoms with van der Waals surface area (Å²) in [5.41, 5.74) is -0.160. The summed E-state index contributed by atoms with van der Waals surface area (Å²) >= 11 is 5.68. The van der Waals surface area contributed by atoms with Gasteiger partial charge in [-0.05, 0) is 31.0 Å². The largest absolute Gasteiger partial charge is 0.391 e. The number of aliphatic hydroxyl groups is 1. The summed E-state index contributed by atoms with van der Waals surface area (Å²) in [6.07, 6.45) is 2.58. The second kappa shape index (κ2) is 8.45. The molecule has 1 aromatic heterocycles. The standard InChI is InChI=1S/C17H19ClFN5O3/c18-11-1-2-12(13(19)7-11)17(27)23-14-5-10(6-15(14)25)16(26)21-3-4-24-9-20-8-22-24/h1-2,7-10,14-15,25H,3-6H2,(H,21,26)(H,23,27)/t10-,14-,15-/m0/s1. The van der Waals surface area contributed by atoms with Gasteiger partial charge >= 0.3 is 0 Å². The van der Waals surface area contributed by atoms with Crippen molar-refractivity contribution in [3.8, 4) is 0 Å². The summed E-state index contributed by atoms with van der Waals surface area (Å²) in [6.45, 7) is 0.860.